The van der Waals surface area contributed by atoms with Gasteiger partial charge < -0.3 is 76.5 Å². The fourth-order valence-electron chi connectivity index (χ4n) is 2.97. The highest BCUT2D eigenvalue weighted by atomic mass is 16.7. The molecule has 2 rings (SSSR count). The summed E-state index contributed by atoms with van der Waals surface area (Å²) in [5.74, 6) is -2.20. The van der Waals surface area contributed by atoms with Gasteiger partial charge in [-0.05, 0) is 6.42 Å². The van der Waals surface area contributed by atoms with Gasteiger partial charge in [-0.3, -0.25) is 9.59 Å². The first-order chi connectivity index (χ1) is 15.3. The van der Waals surface area contributed by atoms with Crippen molar-refractivity contribution in [2.24, 2.45) is 5.73 Å². The Kier molecular flexibility index (Phi) is 14.1. The molecule has 0 aromatic rings. The van der Waals surface area contributed by atoms with Crippen LogP contribution in [0.4, 0.5) is 0 Å². The fraction of sp³-hybridized carbons (Fsp3) is 0.882. The lowest BCUT2D eigenvalue weighted by molar-refractivity contribution is -0.355. The van der Waals surface area contributed by atoms with Crippen molar-refractivity contribution in [1.29, 1.82) is 0 Å². The van der Waals surface area contributed by atoms with Crippen LogP contribution in [0.5, 0.6) is 0 Å². The van der Waals surface area contributed by atoms with Crippen LogP contribution in [0, 0.1) is 0 Å². The number of hydrogen-bond acceptors (Lipinski definition) is 14. The minimum absolute atomic E-state index is 0. The van der Waals surface area contributed by atoms with E-state index in [0.717, 1.165) is 0 Å². The predicted octanol–water partition coefficient (Wildman–Crippen LogP) is -6.96. The van der Waals surface area contributed by atoms with E-state index in [9.17, 15) is 45.3 Å². The molecule has 1 unspecified atom stereocenters. The van der Waals surface area contributed by atoms with Gasteiger partial charge in [-0.2, -0.15) is 0 Å². The molecule has 14 N–H and O–H groups in total. The van der Waals surface area contributed by atoms with Gasteiger partial charge >= 0.3 is 11.9 Å². The number of carboxylic acid groups (broad SMARTS) is 2. The van der Waals surface area contributed by atoms with Gasteiger partial charge in [0, 0.05) is 6.42 Å². The summed E-state index contributed by atoms with van der Waals surface area (Å²) in [7, 11) is 0. The van der Waals surface area contributed by atoms with Gasteiger partial charge in [0.15, 0.2) is 12.6 Å². The number of carbonyl (C=O) groups is 2. The van der Waals surface area contributed by atoms with E-state index in [2.05, 4.69) is 0 Å². The van der Waals surface area contributed by atoms with E-state index in [1.54, 1.807) is 0 Å². The lowest BCUT2D eigenvalue weighted by atomic mass is 9.97. The van der Waals surface area contributed by atoms with Gasteiger partial charge in [-0.1, -0.05) is 0 Å². The maximum absolute atomic E-state index is 9.99. The van der Waals surface area contributed by atoms with Gasteiger partial charge in [0.2, 0.25) is 0 Å². The van der Waals surface area contributed by atoms with Crippen LogP contribution >= 0.6 is 0 Å². The molecule has 2 aliphatic rings. The summed E-state index contributed by atoms with van der Waals surface area (Å²) < 4.78 is 15.3. The first kappa shape index (κ1) is 32.4. The van der Waals surface area contributed by atoms with Crippen molar-refractivity contribution in [2.75, 3.05) is 13.2 Å². The van der Waals surface area contributed by atoms with Crippen LogP contribution in [0.25, 0.3) is 0 Å². The maximum atomic E-state index is 9.99. The molecule has 11 atom stereocenters. The molecule has 2 heterocycles. The van der Waals surface area contributed by atoms with Crippen LogP contribution in [-0.2, 0) is 23.8 Å². The van der Waals surface area contributed by atoms with Crippen molar-refractivity contribution in [2.45, 2.75) is 80.3 Å². The van der Waals surface area contributed by atoms with Gasteiger partial charge in [0.05, 0.1) is 13.2 Å². The average molecular weight is 507 g/mol. The third kappa shape index (κ3) is 8.57. The number of rotatable bonds is 8. The van der Waals surface area contributed by atoms with Crippen LogP contribution in [0.3, 0.4) is 0 Å². The molecule has 0 saturated carbocycles. The predicted molar refractivity (Wildman–Crippen MR) is 105 cm³/mol. The second kappa shape index (κ2) is 14.7. The van der Waals surface area contributed by atoms with Gasteiger partial charge in [-0.15, -0.1) is 0 Å². The first-order valence-electron chi connectivity index (χ1n) is 9.82. The minimum Gasteiger partial charge on any atom is -0.481 e. The fourth-order valence-corrected chi connectivity index (χ4v) is 2.97. The molecular formula is C17H33NO16. The van der Waals surface area contributed by atoms with Crippen molar-refractivity contribution < 1.29 is 80.3 Å². The van der Waals surface area contributed by atoms with Crippen LogP contribution in [-0.4, -0.2) is 149 Å². The van der Waals surface area contributed by atoms with E-state index in [4.69, 9.17) is 35.3 Å². The SMILES string of the molecule is N[C@@H](CCC(=O)O)C(=O)O.O.OC[C@H]1O[C@@H](O[C@H]2[C@H](O)[C@@H](O)C(O)O[C@@H]2CO)[C@H](O)[C@@H](O)[C@H]1O. The van der Waals surface area contributed by atoms with Crippen molar-refractivity contribution in [3.63, 3.8) is 0 Å². The number of nitrogens with two attached hydrogens (primary N) is 1. The summed E-state index contributed by atoms with van der Waals surface area (Å²) in [4.78, 5) is 19.9. The Morgan fingerprint density at radius 1 is 0.824 bits per heavy atom. The third-order valence-corrected chi connectivity index (χ3v) is 4.97. The lowest BCUT2D eigenvalue weighted by Crippen LogP contribution is -2.64. The third-order valence-electron chi connectivity index (χ3n) is 4.97. The molecule has 2 saturated heterocycles. The topological polar surface area (TPSA) is 322 Å². The average Bonchev–Trinajstić information content (AvgIpc) is 2.77. The van der Waals surface area contributed by atoms with Crippen molar-refractivity contribution in [3.05, 3.63) is 0 Å². The number of carboxylic acids is 2. The van der Waals surface area contributed by atoms with Crippen LogP contribution in [0.15, 0.2) is 0 Å². The van der Waals surface area contributed by atoms with E-state index >= 15 is 0 Å². The smallest absolute Gasteiger partial charge is 0.320 e. The normalized spacial score (nSPS) is 38.6. The molecule has 202 valence electrons. The molecule has 2 aliphatic heterocycles. The zero-order valence-corrected chi connectivity index (χ0v) is 17.8. The van der Waals surface area contributed by atoms with E-state index in [1.165, 1.54) is 0 Å². The first-order valence-corrected chi connectivity index (χ1v) is 9.82. The monoisotopic (exact) mass is 507 g/mol. The Hall–Kier alpha value is -1.58. The molecule has 0 radical (unpaired) electrons. The summed E-state index contributed by atoms with van der Waals surface area (Å²) in [5, 5.41) is 92.8. The molecule has 2 fully saturated rings. The molecule has 0 spiro atoms. The summed E-state index contributed by atoms with van der Waals surface area (Å²) in [5.41, 5.74) is 5.00. The van der Waals surface area contributed by atoms with E-state index < -0.39 is 92.6 Å². The Labute approximate surface area is 192 Å². The second-order valence-corrected chi connectivity index (χ2v) is 7.40. The quantitative estimate of drug-likeness (QED) is 0.145. The van der Waals surface area contributed by atoms with Crippen LogP contribution < -0.4 is 5.73 Å². The van der Waals surface area contributed by atoms with Crippen molar-refractivity contribution >= 4 is 11.9 Å². The summed E-state index contributed by atoms with van der Waals surface area (Å²) in [6, 6.07) is -1.06. The molecule has 34 heavy (non-hydrogen) atoms. The van der Waals surface area contributed by atoms with Crippen LogP contribution in [0.2, 0.25) is 0 Å². The lowest BCUT2D eigenvalue weighted by Gasteiger charge is -2.45. The minimum atomic E-state index is -1.74. The Morgan fingerprint density at radius 2 is 1.38 bits per heavy atom. The number of aliphatic carboxylic acids is 2. The van der Waals surface area contributed by atoms with Gasteiger partial charge in [-0.25, -0.2) is 0 Å². The van der Waals surface area contributed by atoms with Crippen molar-refractivity contribution in [1.82, 2.24) is 0 Å². The molecular weight excluding hydrogens is 474 g/mol. The zero-order valence-electron chi connectivity index (χ0n) is 17.8. The number of aliphatic hydroxyl groups is 8. The number of aliphatic hydroxyl groups excluding tert-OH is 8. The zero-order chi connectivity index (χ0) is 25.5. The van der Waals surface area contributed by atoms with Crippen molar-refractivity contribution in [3.8, 4) is 0 Å². The van der Waals surface area contributed by atoms with Gasteiger partial charge in [0.1, 0.15) is 54.9 Å². The molecule has 0 aromatic carbocycles. The van der Waals surface area contributed by atoms with Crippen LogP contribution in [0.1, 0.15) is 12.8 Å². The Morgan fingerprint density at radius 3 is 1.85 bits per heavy atom. The highest BCUT2D eigenvalue weighted by Gasteiger charge is 2.50. The summed E-state index contributed by atoms with van der Waals surface area (Å²) in [6.07, 6.45) is -15.8. The highest BCUT2D eigenvalue weighted by Crippen LogP contribution is 2.28. The standard InChI is InChI=1S/C12H22O11.C5H9NO4.H2O/c13-1-3-5(15)6(16)9(19)12(22-3)23-10-4(2-14)21-11(20)8(18)7(10)17;6-3(5(9)10)1-2-4(7)8;/h3-20H,1-2H2;3H,1-2,6H2,(H,7,8)(H,9,10);1H2/t3-,4-,5+,6+,7-,8-,9-,10-,11?,12+;3-;/m10./s1. The van der Waals surface area contributed by atoms with E-state index in [0.29, 0.717) is 0 Å². The molecule has 0 aromatic heterocycles. The largest absolute Gasteiger partial charge is 0.481 e. The number of hydrogen-bond donors (Lipinski definition) is 11. The maximum Gasteiger partial charge on any atom is 0.320 e. The Balaban J connectivity index is 0.000000844. The van der Waals surface area contributed by atoms with Gasteiger partial charge in [0.25, 0.3) is 0 Å². The molecule has 17 heteroatoms. The van der Waals surface area contributed by atoms with E-state index in [1.807, 2.05) is 0 Å². The molecule has 17 nitrogen and oxygen atoms in total. The summed E-state index contributed by atoms with van der Waals surface area (Å²) in [6.45, 7) is -1.35. The molecule has 0 amide bonds. The molecule has 0 aliphatic carbocycles. The summed E-state index contributed by atoms with van der Waals surface area (Å²) >= 11 is 0. The highest BCUT2D eigenvalue weighted by molar-refractivity contribution is 5.74. The second-order valence-electron chi connectivity index (χ2n) is 7.40. The number of ether oxygens (including phenoxy) is 3. The van der Waals surface area contributed by atoms with E-state index in [-0.39, 0.29) is 18.3 Å². The Bertz CT molecular complexity index is 620. The molecule has 0 bridgehead atoms.